The van der Waals surface area contributed by atoms with Gasteiger partial charge in [0.1, 0.15) is 0 Å². The smallest absolute Gasteiger partial charge is 0.267 e. The van der Waals surface area contributed by atoms with Gasteiger partial charge in [-0.3, -0.25) is 9.59 Å². The Bertz CT molecular complexity index is 907. The molecule has 0 aliphatic carbocycles. The van der Waals surface area contributed by atoms with Crippen LogP contribution in [0.5, 0.6) is 0 Å². The first kappa shape index (κ1) is 15.9. The number of anilines is 1. The predicted octanol–water partition coefficient (Wildman–Crippen LogP) is 3.93. The molecule has 2 aromatic rings. The van der Waals surface area contributed by atoms with Crippen molar-refractivity contribution in [2.45, 2.75) is 33.6 Å². The lowest BCUT2D eigenvalue weighted by atomic mass is 9.97. The van der Waals surface area contributed by atoms with Gasteiger partial charge in [-0.05, 0) is 49.1 Å². The minimum absolute atomic E-state index is 0.216. The number of hydrogen-bond acceptors (Lipinski definition) is 3. The van der Waals surface area contributed by atoms with Gasteiger partial charge in [0, 0.05) is 0 Å². The van der Waals surface area contributed by atoms with E-state index >= 15 is 0 Å². The fraction of sp³-hybridized carbons (Fsp3) is 0.250. The molecule has 0 bridgehead atoms. The van der Waals surface area contributed by atoms with Gasteiger partial charge < -0.3 is 0 Å². The summed E-state index contributed by atoms with van der Waals surface area (Å²) in [4.78, 5) is 27.1. The summed E-state index contributed by atoms with van der Waals surface area (Å²) in [6.45, 7) is 5.97. The number of carbonyl (C=O) groups excluding carboxylic acids is 2. The first-order valence-electron chi connectivity index (χ1n) is 8.02. The van der Waals surface area contributed by atoms with Gasteiger partial charge in [0.05, 0.1) is 28.4 Å². The second kappa shape index (κ2) is 5.93. The van der Waals surface area contributed by atoms with Gasteiger partial charge in [-0.25, -0.2) is 4.90 Å². The van der Waals surface area contributed by atoms with Gasteiger partial charge in [-0.2, -0.15) is 5.26 Å². The van der Waals surface area contributed by atoms with E-state index in [1.54, 1.807) is 18.2 Å². The van der Waals surface area contributed by atoms with Crippen LogP contribution in [0.1, 0.15) is 56.3 Å². The van der Waals surface area contributed by atoms with Crippen molar-refractivity contribution in [2.75, 3.05) is 4.90 Å². The quantitative estimate of drug-likeness (QED) is 0.806. The largest absolute Gasteiger partial charge is 0.268 e. The molecule has 0 atom stereocenters. The van der Waals surface area contributed by atoms with Gasteiger partial charge in [0.15, 0.2) is 0 Å². The van der Waals surface area contributed by atoms with Crippen LogP contribution in [0.4, 0.5) is 5.69 Å². The van der Waals surface area contributed by atoms with Crippen LogP contribution in [-0.4, -0.2) is 11.8 Å². The Labute approximate surface area is 141 Å². The number of aryl methyl sites for hydroxylation is 2. The van der Waals surface area contributed by atoms with Crippen molar-refractivity contribution in [3.63, 3.8) is 0 Å². The second-order valence-corrected chi connectivity index (χ2v) is 6.06. The molecule has 0 unspecified atom stereocenters. The van der Waals surface area contributed by atoms with E-state index in [0.717, 1.165) is 29.5 Å². The highest BCUT2D eigenvalue weighted by molar-refractivity contribution is 6.35. The first-order valence-corrected chi connectivity index (χ1v) is 8.02. The highest BCUT2D eigenvalue weighted by atomic mass is 16.2. The summed E-state index contributed by atoms with van der Waals surface area (Å²) in [6, 6.07) is 10.8. The Hall–Kier alpha value is -2.93. The molecule has 0 N–H and O–H groups in total. The molecule has 4 heteroatoms. The highest BCUT2D eigenvalue weighted by Crippen LogP contribution is 2.36. The highest BCUT2D eigenvalue weighted by Gasteiger charge is 2.40. The van der Waals surface area contributed by atoms with Crippen molar-refractivity contribution in [1.82, 2.24) is 0 Å². The number of amides is 2. The van der Waals surface area contributed by atoms with Crippen molar-refractivity contribution in [1.29, 1.82) is 5.26 Å². The van der Waals surface area contributed by atoms with Crippen molar-refractivity contribution < 1.29 is 9.59 Å². The van der Waals surface area contributed by atoms with Crippen molar-refractivity contribution in [3.8, 4) is 6.07 Å². The Morgan fingerprint density at radius 1 is 1.04 bits per heavy atom. The number of imide groups is 1. The molecule has 0 saturated heterocycles. The average molecular weight is 318 g/mol. The molecule has 2 aromatic carbocycles. The van der Waals surface area contributed by atoms with Crippen LogP contribution in [-0.2, 0) is 6.42 Å². The molecule has 4 nitrogen and oxygen atoms in total. The summed E-state index contributed by atoms with van der Waals surface area (Å²) in [5.74, 6) is -0.753. The van der Waals surface area contributed by atoms with E-state index in [1.807, 2.05) is 32.0 Å². The Kier molecular flexibility index (Phi) is 3.94. The number of fused-ring (bicyclic) bond motifs is 1. The molecule has 120 valence electrons. The Balaban J connectivity index is 2.24. The summed E-state index contributed by atoms with van der Waals surface area (Å²) < 4.78 is 0. The van der Waals surface area contributed by atoms with E-state index < -0.39 is 5.91 Å². The van der Waals surface area contributed by atoms with Gasteiger partial charge in [-0.15, -0.1) is 0 Å². The summed E-state index contributed by atoms with van der Waals surface area (Å²) in [5, 5.41) is 9.27. The monoisotopic (exact) mass is 318 g/mol. The van der Waals surface area contributed by atoms with E-state index in [0.29, 0.717) is 11.3 Å². The third kappa shape index (κ3) is 2.21. The summed E-state index contributed by atoms with van der Waals surface area (Å²) >= 11 is 0. The fourth-order valence-electron chi connectivity index (χ4n) is 3.31. The molecule has 3 rings (SSSR count). The Morgan fingerprint density at radius 3 is 2.42 bits per heavy atom. The zero-order chi connectivity index (χ0) is 17.4. The van der Waals surface area contributed by atoms with E-state index in [4.69, 9.17) is 0 Å². The van der Waals surface area contributed by atoms with Crippen molar-refractivity contribution in [2.24, 2.45) is 0 Å². The minimum atomic E-state index is -0.404. The number of benzene rings is 2. The lowest BCUT2D eigenvalue weighted by molar-refractivity contribution is 0.0925. The number of nitrogens with zero attached hydrogens (tertiary/aromatic N) is 2. The van der Waals surface area contributed by atoms with E-state index in [-0.39, 0.29) is 17.0 Å². The lowest BCUT2D eigenvalue weighted by Crippen LogP contribution is -2.31. The predicted molar refractivity (Wildman–Crippen MR) is 92.2 cm³/mol. The number of hydrogen-bond donors (Lipinski definition) is 0. The molecular weight excluding hydrogens is 300 g/mol. The third-order valence-electron chi connectivity index (χ3n) is 4.48. The maximum absolute atomic E-state index is 13.0. The van der Waals surface area contributed by atoms with Crippen molar-refractivity contribution in [3.05, 3.63) is 63.7 Å². The molecule has 1 heterocycles. The summed E-state index contributed by atoms with van der Waals surface area (Å²) in [5.41, 5.74) is 4.41. The summed E-state index contributed by atoms with van der Waals surface area (Å²) in [7, 11) is 0. The zero-order valence-electron chi connectivity index (χ0n) is 14.0. The summed E-state index contributed by atoms with van der Waals surface area (Å²) in [6.07, 6.45) is 1.71. The molecule has 0 aromatic heterocycles. The molecule has 0 saturated carbocycles. The Morgan fingerprint density at radius 2 is 1.75 bits per heavy atom. The molecule has 2 amide bonds. The van der Waals surface area contributed by atoms with Crippen LogP contribution in [0.3, 0.4) is 0 Å². The second-order valence-electron chi connectivity index (χ2n) is 6.06. The number of rotatable bonds is 3. The number of nitriles is 1. The molecule has 0 spiro atoms. The average Bonchev–Trinajstić information content (AvgIpc) is 2.83. The molecule has 1 aliphatic rings. The minimum Gasteiger partial charge on any atom is -0.268 e. The van der Waals surface area contributed by atoms with Gasteiger partial charge in [0.25, 0.3) is 11.8 Å². The van der Waals surface area contributed by atoms with E-state index in [2.05, 4.69) is 6.92 Å². The normalized spacial score (nSPS) is 13.2. The van der Waals surface area contributed by atoms with Crippen LogP contribution in [0.2, 0.25) is 0 Å². The molecule has 1 aliphatic heterocycles. The first-order chi connectivity index (χ1) is 11.5. The van der Waals surface area contributed by atoms with Crippen LogP contribution in [0.25, 0.3) is 0 Å². The maximum Gasteiger partial charge on any atom is 0.267 e. The van der Waals surface area contributed by atoms with E-state index in [1.165, 1.54) is 4.90 Å². The van der Waals surface area contributed by atoms with Crippen LogP contribution in [0, 0.1) is 25.2 Å². The fourth-order valence-corrected chi connectivity index (χ4v) is 3.31. The van der Waals surface area contributed by atoms with Crippen LogP contribution in [0.15, 0.2) is 30.3 Å². The maximum atomic E-state index is 13.0. The zero-order valence-corrected chi connectivity index (χ0v) is 14.0. The molecule has 0 fully saturated rings. The molecule has 0 radical (unpaired) electrons. The van der Waals surface area contributed by atoms with Crippen LogP contribution >= 0.6 is 0 Å². The third-order valence-corrected chi connectivity index (χ3v) is 4.48. The molecule has 24 heavy (non-hydrogen) atoms. The number of carbonyl (C=O) groups is 2. The van der Waals surface area contributed by atoms with Gasteiger partial charge in [-0.1, -0.05) is 31.5 Å². The van der Waals surface area contributed by atoms with E-state index in [9.17, 15) is 14.9 Å². The van der Waals surface area contributed by atoms with Gasteiger partial charge in [0.2, 0.25) is 0 Å². The van der Waals surface area contributed by atoms with Gasteiger partial charge >= 0.3 is 0 Å². The van der Waals surface area contributed by atoms with Crippen molar-refractivity contribution >= 4 is 17.5 Å². The SMILES string of the molecule is CCCc1c(C)ccc(C)c1N1C(=O)c2cccc(C#N)c2C1=O. The standard InChI is InChI=1S/C20H18N2O2/c1-4-6-15-12(2)9-10-13(3)18(15)22-19(23)16-8-5-7-14(11-21)17(16)20(22)24/h5,7-10H,4,6H2,1-3H3. The lowest BCUT2D eigenvalue weighted by Gasteiger charge is -2.22. The molecular formula is C20H18N2O2. The van der Waals surface area contributed by atoms with Crippen LogP contribution < -0.4 is 4.90 Å². The topological polar surface area (TPSA) is 61.2 Å².